The molecule has 5 heteroatoms. The van der Waals surface area contributed by atoms with E-state index in [4.69, 9.17) is 4.74 Å². The van der Waals surface area contributed by atoms with E-state index in [1.54, 1.807) is 18.9 Å². The molecular weight excluding hydrogens is 332 g/mol. The number of rotatable bonds is 5. The zero-order chi connectivity index (χ0) is 17.6. The Labute approximate surface area is 153 Å². The van der Waals surface area contributed by atoms with Crippen LogP contribution in [0.25, 0.3) is 0 Å². The van der Waals surface area contributed by atoms with Crippen molar-refractivity contribution in [2.45, 2.75) is 17.1 Å². The molecule has 1 heterocycles. The Hall–Kier alpha value is -2.14. The summed E-state index contributed by atoms with van der Waals surface area (Å²) in [6, 6.07) is 18.2. The molecule has 1 aliphatic rings. The highest BCUT2D eigenvalue weighted by atomic mass is 32.2. The minimum Gasteiger partial charge on any atom is -0.495 e. The highest BCUT2D eigenvalue weighted by molar-refractivity contribution is 8.00. The summed E-state index contributed by atoms with van der Waals surface area (Å²) in [5.74, 6) is 1.10. The molecule has 2 aromatic carbocycles. The molecule has 1 amide bonds. The van der Waals surface area contributed by atoms with Crippen LogP contribution < -0.4 is 9.64 Å². The number of methoxy groups -OCH3 is 1. The van der Waals surface area contributed by atoms with Crippen LogP contribution >= 0.6 is 11.8 Å². The molecule has 1 saturated heterocycles. The number of thioether (sulfide) groups is 1. The van der Waals surface area contributed by atoms with Crippen LogP contribution in [0.15, 0.2) is 59.5 Å². The first-order chi connectivity index (χ1) is 12.2. The number of amides is 1. The minimum absolute atomic E-state index is 0.0692. The second-order valence-electron chi connectivity index (χ2n) is 6.06. The van der Waals surface area contributed by atoms with Crippen molar-refractivity contribution in [2.24, 2.45) is 0 Å². The molecule has 0 N–H and O–H groups in total. The number of carbonyl (C=O) groups excluding carboxylic acids is 1. The number of carbonyl (C=O) groups is 1. The summed E-state index contributed by atoms with van der Waals surface area (Å²) in [5, 5.41) is -0.0692. The predicted octanol–water partition coefficient (Wildman–Crippen LogP) is 3.52. The molecule has 0 bridgehead atoms. The standard InChI is InChI=1S/C20H24N2O2S/c1-16(25-17-8-4-3-5-9-17)20(23)22-14-12-21(13-15-22)18-10-6-7-11-19(18)24-2/h3-11,16H,12-15H2,1-2H3/t16-/m1/s1. The van der Waals surface area contributed by atoms with E-state index in [9.17, 15) is 4.79 Å². The summed E-state index contributed by atoms with van der Waals surface area (Å²) in [6.45, 7) is 5.14. The third-order valence-corrected chi connectivity index (χ3v) is 5.52. The topological polar surface area (TPSA) is 32.8 Å². The van der Waals surface area contributed by atoms with Gasteiger partial charge in [0.1, 0.15) is 5.75 Å². The van der Waals surface area contributed by atoms with Gasteiger partial charge in [-0.3, -0.25) is 4.79 Å². The normalized spacial score (nSPS) is 15.8. The fourth-order valence-corrected chi connectivity index (χ4v) is 4.04. The Kier molecular flexibility index (Phi) is 5.87. The van der Waals surface area contributed by atoms with Crippen molar-refractivity contribution >= 4 is 23.4 Å². The summed E-state index contributed by atoms with van der Waals surface area (Å²) in [7, 11) is 1.70. The monoisotopic (exact) mass is 356 g/mol. The fraction of sp³-hybridized carbons (Fsp3) is 0.350. The molecule has 132 valence electrons. The lowest BCUT2D eigenvalue weighted by atomic mass is 10.2. The van der Waals surface area contributed by atoms with Crippen molar-refractivity contribution in [2.75, 3.05) is 38.2 Å². The van der Waals surface area contributed by atoms with E-state index in [1.807, 2.05) is 60.4 Å². The molecule has 0 aliphatic carbocycles. The lowest BCUT2D eigenvalue weighted by Gasteiger charge is -2.37. The van der Waals surface area contributed by atoms with Gasteiger partial charge in [0.2, 0.25) is 5.91 Å². The number of nitrogens with zero attached hydrogens (tertiary/aromatic N) is 2. The first kappa shape index (κ1) is 17.7. The van der Waals surface area contributed by atoms with E-state index in [-0.39, 0.29) is 11.2 Å². The van der Waals surface area contributed by atoms with Crippen LogP contribution in [0.5, 0.6) is 5.75 Å². The second kappa shape index (κ2) is 8.30. The maximum atomic E-state index is 12.7. The molecule has 1 fully saturated rings. The molecule has 0 aromatic heterocycles. The summed E-state index contributed by atoms with van der Waals surface area (Å²) >= 11 is 1.62. The van der Waals surface area contributed by atoms with Crippen LogP contribution in [0.1, 0.15) is 6.92 Å². The van der Waals surface area contributed by atoms with Crippen molar-refractivity contribution in [3.8, 4) is 5.75 Å². The zero-order valence-electron chi connectivity index (χ0n) is 14.7. The number of piperazine rings is 1. The van der Waals surface area contributed by atoms with E-state index in [2.05, 4.69) is 11.0 Å². The highest BCUT2D eigenvalue weighted by Gasteiger charge is 2.26. The Morgan fingerprint density at radius 2 is 1.64 bits per heavy atom. The SMILES string of the molecule is COc1ccccc1N1CCN(C(=O)[C@@H](C)Sc2ccccc2)CC1. The molecule has 0 radical (unpaired) electrons. The van der Waals surface area contributed by atoms with E-state index >= 15 is 0 Å². The van der Waals surface area contributed by atoms with Gasteiger partial charge in [0.05, 0.1) is 18.0 Å². The number of hydrogen-bond donors (Lipinski definition) is 0. The van der Waals surface area contributed by atoms with Gasteiger partial charge in [-0.05, 0) is 31.2 Å². The van der Waals surface area contributed by atoms with Crippen molar-refractivity contribution in [1.29, 1.82) is 0 Å². The van der Waals surface area contributed by atoms with Gasteiger partial charge < -0.3 is 14.5 Å². The largest absolute Gasteiger partial charge is 0.495 e. The third kappa shape index (κ3) is 4.28. The van der Waals surface area contributed by atoms with Crippen LogP contribution in [0, 0.1) is 0 Å². The maximum absolute atomic E-state index is 12.7. The number of hydrogen-bond acceptors (Lipinski definition) is 4. The Balaban J connectivity index is 1.57. The van der Waals surface area contributed by atoms with Gasteiger partial charge in [0.15, 0.2) is 0 Å². The van der Waals surface area contributed by atoms with Gasteiger partial charge in [-0.2, -0.15) is 0 Å². The number of para-hydroxylation sites is 2. The molecule has 4 nitrogen and oxygen atoms in total. The molecule has 1 aliphatic heterocycles. The van der Waals surface area contributed by atoms with E-state index in [0.717, 1.165) is 42.5 Å². The van der Waals surface area contributed by atoms with E-state index in [1.165, 1.54) is 0 Å². The van der Waals surface area contributed by atoms with E-state index in [0.29, 0.717) is 0 Å². The minimum atomic E-state index is -0.0692. The van der Waals surface area contributed by atoms with Crippen LogP contribution in [-0.2, 0) is 4.79 Å². The number of ether oxygens (including phenoxy) is 1. The van der Waals surface area contributed by atoms with Crippen molar-refractivity contribution in [3.63, 3.8) is 0 Å². The van der Waals surface area contributed by atoms with Crippen molar-refractivity contribution in [3.05, 3.63) is 54.6 Å². The summed E-state index contributed by atoms with van der Waals surface area (Å²) < 4.78 is 5.45. The van der Waals surface area contributed by atoms with Gasteiger partial charge in [-0.15, -0.1) is 11.8 Å². The van der Waals surface area contributed by atoms with Crippen LogP contribution in [0.4, 0.5) is 5.69 Å². The lowest BCUT2D eigenvalue weighted by molar-refractivity contribution is -0.130. The number of anilines is 1. The summed E-state index contributed by atoms with van der Waals surface area (Å²) in [5.41, 5.74) is 1.10. The third-order valence-electron chi connectivity index (χ3n) is 4.42. The summed E-state index contributed by atoms with van der Waals surface area (Å²) in [6.07, 6.45) is 0. The quantitative estimate of drug-likeness (QED) is 0.768. The molecule has 25 heavy (non-hydrogen) atoms. The number of benzene rings is 2. The molecule has 0 spiro atoms. The van der Waals surface area contributed by atoms with Crippen molar-refractivity contribution in [1.82, 2.24) is 4.90 Å². The van der Waals surface area contributed by atoms with Gasteiger partial charge in [-0.25, -0.2) is 0 Å². The lowest BCUT2D eigenvalue weighted by Crippen LogP contribution is -2.50. The maximum Gasteiger partial charge on any atom is 0.235 e. The molecular formula is C20H24N2O2S. The first-order valence-corrected chi connectivity index (χ1v) is 9.45. The van der Waals surface area contributed by atoms with Gasteiger partial charge >= 0.3 is 0 Å². The highest BCUT2D eigenvalue weighted by Crippen LogP contribution is 2.29. The van der Waals surface area contributed by atoms with Crippen LogP contribution in [0.2, 0.25) is 0 Å². The predicted molar refractivity (Wildman–Crippen MR) is 104 cm³/mol. The second-order valence-corrected chi connectivity index (χ2v) is 7.47. The molecule has 0 saturated carbocycles. The molecule has 2 aromatic rings. The zero-order valence-corrected chi connectivity index (χ0v) is 15.5. The van der Waals surface area contributed by atoms with Gasteiger partial charge in [0.25, 0.3) is 0 Å². The Morgan fingerprint density at radius 3 is 2.32 bits per heavy atom. The first-order valence-electron chi connectivity index (χ1n) is 8.57. The fourth-order valence-electron chi connectivity index (χ4n) is 3.07. The van der Waals surface area contributed by atoms with Crippen LogP contribution in [0.3, 0.4) is 0 Å². The average molecular weight is 356 g/mol. The van der Waals surface area contributed by atoms with Gasteiger partial charge in [0, 0.05) is 31.1 Å². The summed E-state index contributed by atoms with van der Waals surface area (Å²) in [4.78, 5) is 18.1. The molecule has 0 unspecified atom stereocenters. The average Bonchev–Trinajstić information content (AvgIpc) is 2.68. The van der Waals surface area contributed by atoms with E-state index < -0.39 is 0 Å². The van der Waals surface area contributed by atoms with Gasteiger partial charge in [-0.1, -0.05) is 30.3 Å². The molecule has 1 atom stereocenters. The Bertz CT molecular complexity index is 700. The molecule has 3 rings (SSSR count). The van der Waals surface area contributed by atoms with Crippen LogP contribution in [-0.4, -0.2) is 49.3 Å². The smallest absolute Gasteiger partial charge is 0.235 e. The Morgan fingerprint density at radius 1 is 1.00 bits per heavy atom. The van der Waals surface area contributed by atoms with Crippen molar-refractivity contribution < 1.29 is 9.53 Å².